The predicted molar refractivity (Wildman–Crippen MR) is 139 cm³/mol. The van der Waals surface area contributed by atoms with Crippen LogP contribution in [0.25, 0.3) is 0 Å². The summed E-state index contributed by atoms with van der Waals surface area (Å²) in [6.07, 6.45) is 0. The Kier molecular flexibility index (Phi) is 7.26. The van der Waals surface area contributed by atoms with Gasteiger partial charge < -0.3 is 33.9 Å². The zero-order valence-electron chi connectivity index (χ0n) is 21.6. The van der Waals surface area contributed by atoms with Gasteiger partial charge in [-0.1, -0.05) is 12.1 Å². The normalized spacial score (nSPS) is 17.7. The number of nitrogens with one attached hydrogen (secondary N) is 1. The number of carbonyl (C=O) groups is 2. The highest BCUT2D eigenvalue weighted by Gasteiger charge is 2.41. The molecule has 0 bridgehead atoms. The minimum atomic E-state index is -0.478. The Labute approximate surface area is 221 Å². The SMILES string of the molecule is COc1ccc(C(=O)N2C[C@H](c3ccc(OC)cc3OC)[C@H](C(=O)NCc3ccc4c(c3)OCO4)C2)cc1. The average Bonchev–Trinajstić information content (AvgIpc) is 3.62. The summed E-state index contributed by atoms with van der Waals surface area (Å²) in [7, 11) is 4.75. The summed E-state index contributed by atoms with van der Waals surface area (Å²) in [6, 6.07) is 18.1. The summed E-state index contributed by atoms with van der Waals surface area (Å²) in [4.78, 5) is 28.7. The summed E-state index contributed by atoms with van der Waals surface area (Å²) in [6.45, 7) is 1.16. The molecule has 1 saturated heterocycles. The second-order valence-electron chi connectivity index (χ2n) is 9.16. The highest BCUT2D eigenvalue weighted by molar-refractivity contribution is 5.95. The van der Waals surface area contributed by atoms with E-state index in [0.29, 0.717) is 47.4 Å². The van der Waals surface area contributed by atoms with Gasteiger partial charge in [0.25, 0.3) is 5.91 Å². The lowest BCUT2D eigenvalue weighted by Gasteiger charge is -2.21. The molecule has 5 rings (SSSR count). The molecule has 2 heterocycles. The van der Waals surface area contributed by atoms with Gasteiger partial charge in [-0.15, -0.1) is 0 Å². The third kappa shape index (κ3) is 5.04. The van der Waals surface area contributed by atoms with E-state index in [1.165, 1.54) is 0 Å². The Morgan fingerprint density at radius 3 is 2.34 bits per heavy atom. The first-order chi connectivity index (χ1) is 18.5. The van der Waals surface area contributed by atoms with Crippen LogP contribution in [0.15, 0.2) is 60.7 Å². The maximum atomic E-state index is 13.6. The molecule has 3 aromatic rings. The highest BCUT2D eigenvalue weighted by atomic mass is 16.7. The zero-order valence-corrected chi connectivity index (χ0v) is 21.6. The molecule has 0 saturated carbocycles. The Morgan fingerprint density at radius 1 is 0.868 bits per heavy atom. The lowest BCUT2D eigenvalue weighted by Crippen LogP contribution is -2.35. The van der Waals surface area contributed by atoms with Crippen LogP contribution < -0.4 is 29.0 Å². The number of hydrogen-bond donors (Lipinski definition) is 1. The van der Waals surface area contributed by atoms with Gasteiger partial charge in [-0.25, -0.2) is 0 Å². The van der Waals surface area contributed by atoms with Crippen LogP contribution in [-0.2, 0) is 11.3 Å². The van der Waals surface area contributed by atoms with E-state index in [0.717, 1.165) is 11.1 Å². The first-order valence-corrected chi connectivity index (χ1v) is 12.3. The predicted octanol–water partition coefficient (Wildman–Crippen LogP) is 3.61. The highest BCUT2D eigenvalue weighted by Crippen LogP contribution is 2.40. The quantitative estimate of drug-likeness (QED) is 0.487. The average molecular weight is 519 g/mol. The number of benzene rings is 3. The summed E-state index contributed by atoms with van der Waals surface area (Å²) >= 11 is 0. The van der Waals surface area contributed by atoms with Crippen LogP contribution in [-0.4, -0.2) is 57.9 Å². The lowest BCUT2D eigenvalue weighted by atomic mass is 9.87. The molecule has 2 aliphatic rings. The van der Waals surface area contributed by atoms with Crippen molar-refractivity contribution < 1.29 is 33.3 Å². The van der Waals surface area contributed by atoms with Crippen LogP contribution in [0, 0.1) is 5.92 Å². The number of methoxy groups -OCH3 is 3. The Hall–Kier alpha value is -4.40. The third-order valence-electron chi connectivity index (χ3n) is 7.02. The molecule has 2 amide bonds. The molecule has 0 unspecified atom stereocenters. The Morgan fingerprint density at radius 2 is 1.61 bits per heavy atom. The minimum Gasteiger partial charge on any atom is -0.497 e. The number of nitrogens with zero attached hydrogens (tertiary/aromatic N) is 1. The summed E-state index contributed by atoms with van der Waals surface area (Å²) in [5, 5.41) is 3.05. The van der Waals surface area contributed by atoms with Gasteiger partial charge in [0.1, 0.15) is 17.2 Å². The summed E-state index contributed by atoms with van der Waals surface area (Å²) in [5.41, 5.74) is 2.28. The molecule has 9 nitrogen and oxygen atoms in total. The van der Waals surface area contributed by atoms with Crippen molar-refractivity contribution in [2.24, 2.45) is 5.92 Å². The van der Waals surface area contributed by atoms with Crippen molar-refractivity contribution >= 4 is 11.8 Å². The van der Waals surface area contributed by atoms with E-state index in [-0.39, 0.29) is 31.1 Å². The maximum absolute atomic E-state index is 13.6. The lowest BCUT2D eigenvalue weighted by molar-refractivity contribution is -0.125. The second-order valence-corrected chi connectivity index (χ2v) is 9.16. The minimum absolute atomic E-state index is 0.142. The van der Waals surface area contributed by atoms with Gasteiger partial charge in [-0.05, 0) is 48.0 Å². The zero-order chi connectivity index (χ0) is 26.6. The van der Waals surface area contributed by atoms with Gasteiger partial charge in [-0.2, -0.15) is 0 Å². The molecule has 0 spiro atoms. The fourth-order valence-electron chi connectivity index (χ4n) is 4.96. The number of rotatable bonds is 8. The standard InChI is InChI=1S/C29H30N2O7/c1-34-20-7-5-19(6-8-20)29(33)31-15-23(22-10-9-21(35-2)13-26(22)36-3)24(16-31)28(32)30-14-18-4-11-25-27(12-18)38-17-37-25/h4-13,23-24H,14-17H2,1-3H3,(H,30,32)/t23-,24-/m1/s1. The smallest absolute Gasteiger partial charge is 0.253 e. The molecule has 198 valence electrons. The van der Waals surface area contributed by atoms with Gasteiger partial charge in [-0.3, -0.25) is 9.59 Å². The molecule has 1 N–H and O–H groups in total. The largest absolute Gasteiger partial charge is 0.497 e. The van der Waals surface area contributed by atoms with Crippen LogP contribution in [0.1, 0.15) is 27.4 Å². The van der Waals surface area contributed by atoms with Crippen molar-refractivity contribution in [3.8, 4) is 28.7 Å². The van der Waals surface area contributed by atoms with Crippen molar-refractivity contribution in [2.75, 3.05) is 41.2 Å². The topological polar surface area (TPSA) is 95.6 Å². The van der Waals surface area contributed by atoms with E-state index < -0.39 is 5.92 Å². The number of ether oxygens (including phenoxy) is 5. The number of fused-ring (bicyclic) bond motifs is 1. The van der Waals surface area contributed by atoms with E-state index in [4.69, 9.17) is 23.7 Å². The molecular formula is C29H30N2O7. The Bertz CT molecular complexity index is 1330. The van der Waals surface area contributed by atoms with Crippen LogP contribution in [0.4, 0.5) is 0 Å². The van der Waals surface area contributed by atoms with Gasteiger partial charge in [0.05, 0.1) is 27.2 Å². The van der Waals surface area contributed by atoms with Crippen molar-refractivity contribution in [3.05, 3.63) is 77.4 Å². The van der Waals surface area contributed by atoms with Crippen LogP contribution in [0.5, 0.6) is 28.7 Å². The number of hydrogen-bond acceptors (Lipinski definition) is 7. The number of amides is 2. The van der Waals surface area contributed by atoms with Gasteiger partial charge >= 0.3 is 0 Å². The summed E-state index contributed by atoms with van der Waals surface area (Å²) in [5.74, 6) is 2.25. The fourth-order valence-corrected chi connectivity index (χ4v) is 4.96. The van der Waals surface area contributed by atoms with E-state index in [2.05, 4.69) is 5.32 Å². The van der Waals surface area contributed by atoms with Crippen molar-refractivity contribution in [2.45, 2.75) is 12.5 Å². The molecule has 2 atom stereocenters. The van der Waals surface area contributed by atoms with E-state index >= 15 is 0 Å². The molecule has 1 fully saturated rings. The van der Waals surface area contributed by atoms with Crippen LogP contribution in [0.3, 0.4) is 0 Å². The Balaban J connectivity index is 1.38. The van der Waals surface area contributed by atoms with Crippen LogP contribution in [0.2, 0.25) is 0 Å². The molecule has 9 heteroatoms. The third-order valence-corrected chi connectivity index (χ3v) is 7.02. The molecule has 3 aromatic carbocycles. The molecular weight excluding hydrogens is 488 g/mol. The first kappa shape index (κ1) is 25.3. The fraction of sp³-hybridized carbons (Fsp3) is 0.310. The molecule has 2 aliphatic heterocycles. The van der Waals surface area contributed by atoms with Gasteiger partial charge in [0, 0.05) is 42.7 Å². The number of carbonyl (C=O) groups excluding carboxylic acids is 2. The van der Waals surface area contributed by atoms with E-state index in [9.17, 15) is 9.59 Å². The maximum Gasteiger partial charge on any atom is 0.253 e. The molecule has 38 heavy (non-hydrogen) atoms. The van der Waals surface area contributed by atoms with Crippen molar-refractivity contribution in [1.82, 2.24) is 10.2 Å². The monoisotopic (exact) mass is 518 g/mol. The molecule has 0 radical (unpaired) electrons. The molecule has 0 aromatic heterocycles. The van der Waals surface area contributed by atoms with E-state index in [1.54, 1.807) is 56.6 Å². The van der Waals surface area contributed by atoms with E-state index in [1.807, 2.05) is 30.3 Å². The van der Waals surface area contributed by atoms with Crippen molar-refractivity contribution in [3.63, 3.8) is 0 Å². The number of likely N-dealkylation sites (tertiary alicyclic amines) is 1. The van der Waals surface area contributed by atoms with Gasteiger partial charge in [0.2, 0.25) is 12.7 Å². The first-order valence-electron chi connectivity index (χ1n) is 12.3. The second kappa shape index (κ2) is 10.9. The van der Waals surface area contributed by atoms with Crippen LogP contribution >= 0.6 is 0 Å². The van der Waals surface area contributed by atoms with Crippen molar-refractivity contribution in [1.29, 1.82) is 0 Å². The molecule has 0 aliphatic carbocycles. The van der Waals surface area contributed by atoms with Gasteiger partial charge in [0.15, 0.2) is 11.5 Å². The summed E-state index contributed by atoms with van der Waals surface area (Å²) < 4.78 is 27.0.